The van der Waals surface area contributed by atoms with Crippen molar-refractivity contribution in [2.45, 2.75) is 165 Å². The number of cyclic esters (lactones) is 1. The molecule has 12 heteroatoms. The molecule has 0 aromatic carbocycles. The van der Waals surface area contributed by atoms with Gasteiger partial charge in [-0.15, -0.1) is 0 Å². The molecule has 0 bridgehead atoms. The van der Waals surface area contributed by atoms with Gasteiger partial charge < -0.3 is 48.5 Å². The first-order chi connectivity index (χ1) is 25.4. The molecule has 53 heavy (non-hydrogen) atoms. The molecule has 12 nitrogen and oxygen atoms in total. The molecule has 18 atom stereocenters. The second kappa shape index (κ2) is 17.8. The zero-order chi connectivity index (χ0) is 38.1. The average Bonchev–Trinajstić information content (AvgIpc) is 3.71. The first-order valence-electron chi connectivity index (χ1n) is 20.5. The number of hydrogen-bond donors (Lipinski definition) is 1. The minimum absolute atomic E-state index is 0.0310. The summed E-state index contributed by atoms with van der Waals surface area (Å²) in [5.41, 5.74) is 7.77. The summed E-state index contributed by atoms with van der Waals surface area (Å²) >= 11 is 0. The minimum Gasteiger partial charge on any atom is -0.462 e. The van der Waals surface area contributed by atoms with Gasteiger partial charge >= 0.3 is 5.97 Å². The summed E-state index contributed by atoms with van der Waals surface area (Å²) in [5.74, 6) is -0.134. The van der Waals surface area contributed by atoms with Crippen molar-refractivity contribution >= 4 is 11.8 Å². The van der Waals surface area contributed by atoms with Gasteiger partial charge in [-0.25, -0.2) is 0 Å². The molecular formula is C41H68N2O10. The second-order valence-electron chi connectivity index (χ2n) is 17.1. The normalized spacial score (nSPS) is 46.8. The van der Waals surface area contributed by atoms with Crippen molar-refractivity contribution in [3.05, 3.63) is 11.6 Å². The van der Waals surface area contributed by atoms with Crippen LogP contribution in [0.4, 0.5) is 0 Å². The van der Waals surface area contributed by atoms with Crippen molar-refractivity contribution in [2.75, 3.05) is 35.4 Å². The van der Waals surface area contributed by atoms with Gasteiger partial charge in [0.25, 0.3) is 0 Å². The number of fused-ring (bicyclic) bond motifs is 5. The summed E-state index contributed by atoms with van der Waals surface area (Å²) in [4.78, 5) is 30.5. The van der Waals surface area contributed by atoms with Crippen LogP contribution in [0.5, 0.6) is 0 Å². The topological polar surface area (TPSA) is 137 Å². The largest absolute Gasteiger partial charge is 0.462 e. The van der Waals surface area contributed by atoms with Gasteiger partial charge in [-0.3, -0.25) is 9.59 Å². The number of carbonyl (C=O) groups is 2. The number of rotatable bonds is 9. The Morgan fingerprint density at radius 2 is 1.55 bits per heavy atom. The molecular weight excluding hydrogens is 680 g/mol. The molecule has 3 saturated heterocycles. The summed E-state index contributed by atoms with van der Waals surface area (Å²) < 4.78 is 49.7. The van der Waals surface area contributed by atoms with Crippen LogP contribution in [0.15, 0.2) is 11.6 Å². The van der Waals surface area contributed by atoms with Crippen molar-refractivity contribution in [2.24, 2.45) is 41.2 Å². The van der Waals surface area contributed by atoms with Crippen molar-refractivity contribution in [1.82, 2.24) is 4.90 Å². The third-order valence-corrected chi connectivity index (χ3v) is 13.9. The van der Waals surface area contributed by atoms with Gasteiger partial charge in [0.05, 0.1) is 30.8 Å². The molecule has 0 aromatic rings. The highest BCUT2D eigenvalue weighted by molar-refractivity contribution is 5.99. The van der Waals surface area contributed by atoms with Crippen molar-refractivity contribution < 1.29 is 47.5 Å². The van der Waals surface area contributed by atoms with Crippen LogP contribution in [0.2, 0.25) is 0 Å². The first kappa shape index (κ1) is 41.2. The Labute approximate surface area is 317 Å². The molecule has 3 heterocycles. The van der Waals surface area contributed by atoms with E-state index in [0.29, 0.717) is 12.5 Å². The maximum absolute atomic E-state index is 14.7. The number of ether oxygens (including phenoxy) is 8. The van der Waals surface area contributed by atoms with E-state index in [-0.39, 0.29) is 109 Å². The predicted octanol–water partition coefficient (Wildman–Crippen LogP) is 4.65. The van der Waals surface area contributed by atoms with Crippen molar-refractivity contribution in [3.63, 3.8) is 0 Å². The summed E-state index contributed by atoms with van der Waals surface area (Å²) in [6, 6.07) is 0.261. The van der Waals surface area contributed by atoms with Crippen LogP contribution in [0, 0.1) is 35.5 Å². The molecule has 6 aliphatic rings. The van der Waals surface area contributed by atoms with Crippen molar-refractivity contribution in [3.8, 4) is 0 Å². The molecule has 3 unspecified atom stereocenters. The standard InChI is InChI=1S/C41H68N2O10/c1-10-24-12-11-13-34(53-36-15-14-33(43(5)6)22(3)49-36)21(2)37(45)31-18-27-26-16-25(17-30(26)32(42)19-28(27)29(31)20-35(44)51-24)52-41-40(48-9)39(47-8)38(46-7)23(4)50-41/h18,21-30,32-34,36,38-41H,10-17,19-20,42H2,1-9H3/t21-,22?,23?,24+,25+,26+,27+,28-,29+,30-,32-,33+,34+,36+,38+,39?,40+,41+/m1/s1. The van der Waals surface area contributed by atoms with Crippen molar-refractivity contribution in [1.29, 1.82) is 0 Å². The highest BCUT2D eigenvalue weighted by atomic mass is 16.7. The number of nitrogens with two attached hydrogens (primary N) is 1. The van der Waals surface area contributed by atoms with E-state index >= 15 is 0 Å². The number of ketones is 1. The molecule has 0 aromatic heterocycles. The van der Waals surface area contributed by atoms with Gasteiger partial charge in [-0.05, 0) is 115 Å². The number of carbonyl (C=O) groups excluding carboxylic acids is 2. The van der Waals surface area contributed by atoms with E-state index in [0.717, 1.165) is 56.9 Å². The van der Waals surface area contributed by atoms with Crippen LogP contribution in [0.25, 0.3) is 0 Å². The van der Waals surface area contributed by atoms with E-state index in [2.05, 4.69) is 38.9 Å². The van der Waals surface area contributed by atoms with Gasteiger partial charge in [-0.2, -0.15) is 0 Å². The zero-order valence-electron chi connectivity index (χ0n) is 33.6. The Balaban J connectivity index is 1.22. The van der Waals surface area contributed by atoms with Gasteiger partial charge in [-0.1, -0.05) is 19.9 Å². The van der Waals surface area contributed by atoms with Gasteiger partial charge in [0.15, 0.2) is 18.4 Å². The summed E-state index contributed by atoms with van der Waals surface area (Å²) in [7, 11) is 9.13. The van der Waals surface area contributed by atoms with Crippen LogP contribution in [-0.2, 0) is 47.5 Å². The zero-order valence-corrected chi connectivity index (χ0v) is 33.6. The number of likely N-dealkylation sites (N-methyl/N-ethyl adjacent to an activating group) is 1. The van der Waals surface area contributed by atoms with E-state index in [4.69, 9.17) is 43.6 Å². The fourth-order valence-electron chi connectivity index (χ4n) is 11.0. The quantitative estimate of drug-likeness (QED) is 0.329. The number of nitrogens with zero attached hydrogens (tertiary/aromatic N) is 1. The SMILES string of the molecule is CC[C@H]1CCC[C@H](O[C@H]2CC[C@H](N(C)C)C(C)O2)[C@@H](C)C(=O)C2=C[C@@H]3[C@@H](C[C@@H](N)[C@@H]4C[C@@H](O[C@@H]5OC(C)[C@H](OC)C(OC)[C@@H]5OC)C[C@@H]34)[C@@H]2CC(=O)O1. The Kier molecular flexibility index (Phi) is 13.8. The molecule has 0 spiro atoms. The molecule has 5 fully saturated rings. The Morgan fingerprint density at radius 3 is 2.21 bits per heavy atom. The maximum Gasteiger partial charge on any atom is 0.306 e. The van der Waals surface area contributed by atoms with E-state index < -0.39 is 12.4 Å². The molecule has 2 saturated carbocycles. The lowest BCUT2D eigenvalue weighted by molar-refractivity contribution is -0.314. The molecule has 3 aliphatic heterocycles. The lowest BCUT2D eigenvalue weighted by atomic mass is 9.64. The van der Waals surface area contributed by atoms with Gasteiger partial charge in [0.2, 0.25) is 0 Å². The molecule has 0 amide bonds. The molecule has 302 valence electrons. The first-order valence-corrected chi connectivity index (χ1v) is 20.5. The minimum atomic E-state index is -0.619. The number of hydrogen-bond acceptors (Lipinski definition) is 12. The Bertz CT molecular complexity index is 1280. The highest BCUT2D eigenvalue weighted by Crippen LogP contribution is 2.56. The lowest BCUT2D eigenvalue weighted by Crippen LogP contribution is -2.59. The molecule has 2 N–H and O–H groups in total. The number of methoxy groups -OCH3 is 3. The monoisotopic (exact) mass is 748 g/mol. The van der Waals surface area contributed by atoms with Crippen LogP contribution in [0.3, 0.4) is 0 Å². The lowest BCUT2D eigenvalue weighted by Gasteiger charge is -2.44. The maximum atomic E-state index is 14.7. The number of Topliss-reactive ketones (excluding diaryl/α,β-unsaturated/α-hetero) is 1. The van der Waals surface area contributed by atoms with Crippen LogP contribution in [0.1, 0.15) is 91.9 Å². The fourth-order valence-corrected chi connectivity index (χ4v) is 11.0. The van der Waals surface area contributed by atoms with Gasteiger partial charge in [0.1, 0.15) is 24.4 Å². The Morgan fingerprint density at radius 1 is 0.830 bits per heavy atom. The molecule has 6 rings (SSSR count). The smallest absolute Gasteiger partial charge is 0.306 e. The summed E-state index contributed by atoms with van der Waals surface area (Å²) in [6.07, 6.45) is 6.66. The Hall–Kier alpha value is -1.48. The number of esters is 1. The van der Waals surface area contributed by atoms with E-state index in [1.165, 1.54) is 0 Å². The van der Waals surface area contributed by atoms with E-state index in [9.17, 15) is 9.59 Å². The van der Waals surface area contributed by atoms with E-state index in [1.54, 1.807) is 21.3 Å². The average molecular weight is 749 g/mol. The highest BCUT2D eigenvalue weighted by Gasteiger charge is 2.56. The molecule has 0 radical (unpaired) electrons. The number of allylic oxidation sites excluding steroid dienone is 2. The molecule has 3 aliphatic carbocycles. The fraction of sp³-hybridized carbons (Fsp3) is 0.902. The summed E-state index contributed by atoms with van der Waals surface area (Å²) in [5, 5.41) is 0. The van der Waals surface area contributed by atoms with E-state index in [1.807, 2.05) is 13.8 Å². The van der Waals surface area contributed by atoms with Crippen LogP contribution < -0.4 is 5.73 Å². The second-order valence-corrected chi connectivity index (χ2v) is 17.1. The third kappa shape index (κ3) is 8.61. The van der Waals surface area contributed by atoms with Crippen LogP contribution >= 0.6 is 0 Å². The third-order valence-electron chi connectivity index (χ3n) is 13.9. The van der Waals surface area contributed by atoms with Crippen LogP contribution in [-0.4, -0.2) is 126 Å². The van der Waals surface area contributed by atoms with Gasteiger partial charge in [0, 0.05) is 45.2 Å². The summed E-state index contributed by atoms with van der Waals surface area (Å²) in [6.45, 7) is 8.15. The predicted molar refractivity (Wildman–Crippen MR) is 198 cm³/mol.